The molecule has 1 aromatic heterocycles. The summed E-state index contributed by atoms with van der Waals surface area (Å²) in [5.74, 6) is 0.538. The molecular formula is C15H19N3O. The second kappa shape index (κ2) is 5.55. The van der Waals surface area contributed by atoms with E-state index in [4.69, 9.17) is 0 Å². The first-order chi connectivity index (χ1) is 9.33. The average molecular weight is 257 g/mol. The van der Waals surface area contributed by atoms with Crippen LogP contribution in [0.2, 0.25) is 0 Å². The second-order valence-corrected chi connectivity index (χ2v) is 5.17. The molecule has 1 aliphatic carbocycles. The molecule has 0 saturated heterocycles. The van der Waals surface area contributed by atoms with Crippen molar-refractivity contribution in [3.8, 4) is 5.69 Å². The van der Waals surface area contributed by atoms with Crippen molar-refractivity contribution < 1.29 is 5.11 Å². The van der Waals surface area contributed by atoms with Gasteiger partial charge < -0.3 is 15.0 Å². The van der Waals surface area contributed by atoms with Gasteiger partial charge >= 0.3 is 0 Å². The first-order valence-electron chi connectivity index (χ1n) is 6.79. The molecule has 1 heterocycles. The number of aliphatic hydroxyl groups excluding tert-OH is 1. The quantitative estimate of drug-likeness (QED) is 0.828. The Morgan fingerprint density at radius 2 is 2.11 bits per heavy atom. The third-order valence-electron chi connectivity index (χ3n) is 3.59. The molecule has 4 heteroatoms. The Hall–Kier alpha value is -1.65. The zero-order chi connectivity index (χ0) is 13.1. The third-order valence-corrected chi connectivity index (χ3v) is 3.59. The smallest absolute Gasteiger partial charge is 0.0991 e. The van der Waals surface area contributed by atoms with E-state index < -0.39 is 0 Å². The number of benzene rings is 1. The van der Waals surface area contributed by atoms with Gasteiger partial charge in [0.1, 0.15) is 0 Å². The number of nitrogens with one attached hydrogen (secondary N) is 1. The van der Waals surface area contributed by atoms with Gasteiger partial charge in [-0.15, -0.1) is 0 Å². The zero-order valence-electron chi connectivity index (χ0n) is 10.9. The van der Waals surface area contributed by atoms with E-state index >= 15 is 0 Å². The summed E-state index contributed by atoms with van der Waals surface area (Å²) in [6.07, 6.45) is 7.68. The topological polar surface area (TPSA) is 50.1 Å². The van der Waals surface area contributed by atoms with Crippen LogP contribution < -0.4 is 5.32 Å². The van der Waals surface area contributed by atoms with E-state index in [-0.39, 0.29) is 6.10 Å². The standard InChI is InChI=1S/C15H19N3O/c19-15(13-3-4-13)10-17-9-12-1-5-14(6-2-12)18-8-7-16-11-18/h1-2,5-8,11,13,15,17,19H,3-4,9-10H2. The van der Waals surface area contributed by atoms with Gasteiger partial charge in [0.15, 0.2) is 0 Å². The van der Waals surface area contributed by atoms with E-state index in [1.807, 2.05) is 10.8 Å². The maximum absolute atomic E-state index is 9.76. The molecule has 0 amide bonds. The van der Waals surface area contributed by atoms with Gasteiger partial charge in [0.2, 0.25) is 0 Å². The van der Waals surface area contributed by atoms with Gasteiger partial charge in [0, 0.05) is 31.2 Å². The molecule has 1 fully saturated rings. The minimum Gasteiger partial charge on any atom is -0.392 e. The van der Waals surface area contributed by atoms with Crippen molar-refractivity contribution in [2.24, 2.45) is 5.92 Å². The van der Waals surface area contributed by atoms with Gasteiger partial charge in [-0.25, -0.2) is 4.98 Å². The molecule has 0 radical (unpaired) electrons. The second-order valence-electron chi connectivity index (χ2n) is 5.17. The fraction of sp³-hybridized carbons (Fsp3) is 0.400. The monoisotopic (exact) mass is 257 g/mol. The van der Waals surface area contributed by atoms with Crippen LogP contribution in [0.4, 0.5) is 0 Å². The lowest BCUT2D eigenvalue weighted by Gasteiger charge is -2.11. The van der Waals surface area contributed by atoms with Crippen LogP contribution in [0.1, 0.15) is 18.4 Å². The summed E-state index contributed by atoms with van der Waals surface area (Å²) in [4.78, 5) is 4.04. The Balaban J connectivity index is 1.51. The van der Waals surface area contributed by atoms with Crippen molar-refractivity contribution >= 4 is 0 Å². The van der Waals surface area contributed by atoms with Crippen LogP contribution in [0.25, 0.3) is 5.69 Å². The number of aliphatic hydroxyl groups is 1. The molecule has 1 saturated carbocycles. The van der Waals surface area contributed by atoms with Crippen LogP contribution in [-0.2, 0) is 6.54 Å². The van der Waals surface area contributed by atoms with E-state index in [0.717, 1.165) is 12.2 Å². The van der Waals surface area contributed by atoms with E-state index in [9.17, 15) is 5.11 Å². The molecule has 1 atom stereocenters. The number of aromatic nitrogens is 2. The molecule has 1 unspecified atom stereocenters. The predicted octanol–water partition coefficient (Wildman–Crippen LogP) is 1.73. The van der Waals surface area contributed by atoms with Gasteiger partial charge in [-0.1, -0.05) is 12.1 Å². The van der Waals surface area contributed by atoms with Crippen molar-refractivity contribution in [2.45, 2.75) is 25.5 Å². The molecule has 4 nitrogen and oxygen atoms in total. The molecule has 2 aromatic rings. The maximum atomic E-state index is 9.76. The van der Waals surface area contributed by atoms with Crippen LogP contribution >= 0.6 is 0 Å². The van der Waals surface area contributed by atoms with E-state index in [0.29, 0.717) is 12.5 Å². The Labute approximate surface area is 113 Å². The van der Waals surface area contributed by atoms with Crippen molar-refractivity contribution in [1.82, 2.24) is 14.9 Å². The normalized spacial score (nSPS) is 16.5. The number of hydrogen-bond acceptors (Lipinski definition) is 3. The van der Waals surface area contributed by atoms with E-state index in [1.54, 1.807) is 12.5 Å². The lowest BCUT2D eigenvalue weighted by atomic mass is 10.2. The molecule has 3 rings (SSSR count). The van der Waals surface area contributed by atoms with Crippen molar-refractivity contribution in [3.63, 3.8) is 0 Å². The summed E-state index contributed by atoms with van der Waals surface area (Å²) < 4.78 is 1.98. The predicted molar refractivity (Wildman–Crippen MR) is 74.0 cm³/mol. The molecule has 19 heavy (non-hydrogen) atoms. The van der Waals surface area contributed by atoms with Crippen LogP contribution in [0.5, 0.6) is 0 Å². The Bertz CT molecular complexity index is 503. The summed E-state index contributed by atoms with van der Waals surface area (Å²) in [5.41, 5.74) is 2.34. The third kappa shape index (κ3) is 3.22. The van der Waals surface area contributed by atoms with Gasteiger partial charge in [0.25, 0.3) is 0 Å². The van der Waals surface area contributed by atoms with Gasteiger partial charge in [0.05, 0.1) is 12.4 Å². The van der Waals surface area contributed by atoms with Crippen LogP contribution in [0.3, 0.4) is 0 Å². The maximum Gasteiger partial charge on any atom is 0.0991 e. The SMILES string of the molecule is OC(CNCc1ccc(-n2ccnc2)cc1)C1CC1. The summed E-state index contributed by atoms with van der Waals surface area (Å²) in [5, 5.41) is 13.1. The van der Waals surface area contributed by atoms with Crippen LogP contribution in [0, 0.1) is 5.92 Å². The van der Waals surface area contributed by atoms with Crippen molar-refractivity contribution in [3.05, 3.63) is 48.5 Å². The highest BCUT2D eigenvalue weighted by Gasteiger charge is 2.28. The first kappa shape index (κ1) is 12.4. The Morgan fingerprint density at radius 1 is 1.32 bits per heavy atom. The number of nitrogens with zero attached hydrogens (tertiary/aromatic N) is 2. The molecule has 1 aliphatic rings. The molecule has 0 spiro atoms. The molecule has 2 N–H and O–H groups in total. The molecular weight excluding hydrogens is 238 g/mol. The molecule has 100 valence electrons. The largest absolute Gasteiger partial charge is 0.392 e. The number of rotatable bonds is 6. The summed E-state index contributed by atoms with van der Waals surface area (Å²) in [7, 11) is 0. The number of hydrogen-bond donors (Lipinski definition) is 2. The molecule has 0 bridgehead atoms. The lowest BCUT2D eigenvalue weighted by molar-refractivity contribution is 0.148. The fourth-order valence-electron chi connectivity index (χ4n) is 2.21. The van der Waals surface area contributed by atoms with Gasteiger partial charge in [-0.05, 0) is 36.5 Å². The lowest BCUT2D eigenvalue weighted by Crippen LogP contribution is -2.27. The minimum atomic E-state index is -0.176. The fourth-order valence-corrected chi connectivity index (χ4v) is 2.21. The zero-order valence-corrected chi connectivity index (χ0v) is 10.9. The highest BCUT2D eigenvalue weighted by Crippen LogP contribution is 2.32. The van der Waals surface area contributed by atoms with Crippen LogP contribution in [0.15, 0.2) is 43.0 Å². The highest BCUT2D eigenvalue weighted by atomic mass is 16.3. The summed E-state index contributed by atoms with van der Waals surface area (Å²) in [6, 6.07) is 8.36. The van der Waals surface area contributed by atoms with Crippen molar-refractivity contribution in [2.75, 3.05) is 6.54 Å². The number of imidazole rings is 1. The highest BCUT2D eigenvalue weighted by molar-refractivity contribution is 5.34. The van der Waals surface area contributed by atoms with Crippen molar-refractivity contribution in [1.29, 1.82) is 0 Å². The van der Waals surface area contributed by atoms with Gasteiger partial charge in [-0.2, -0.15) is 0 Å². The average Bonchev–Trinajstić information content (AvgIpc) is 3.15. The Morgan fingerprint density at radius 3 is 2.74 bits per heavy atom. The summed E-state index contributed by atoms with van der Waals surface area (Å²) in [6.45, 7) is 1.49. The first-order valence-corrected chi connectivity index (χ1v) is 6.79. The summed E-state index contributed by atoms with van der Waals surface area (Å²) >= 11 is 0. The van der Waals surface area contributed by atoms with E-state index in [1.165, 1.54) is 18.4 Å². The molecule has 0 aliphatic heterocycles. The Kier molecular flexibility index (Phi) is 3.62. The van der Waals surface area contributed by atoms with Crippen LogP contribution in [-0.4, -0.2) is 27.3 Å². The van der Waals surface area contributed by atoms with Gasteiger partial charge in [-0.3, -0.25) is 0 Å². The minimum absolute atomic E-state index is 0.176. The molecule has 1 aromatic carbocycles. The van der Waals surface area contributed by atoms with E-state index in [2.05, 4.69) is 34.6 Å².